The van der Waals surface area contributed by atoms with Crippen LogP contribution in [0, 0.1) is 11.3 Å². The molecule has 0 spiro atoms. The maximum absolute atomic E-state index is 11.9. The highest BCUT2D eigenvalue weighted by Crippen LogP contribution is 2.23. The summed E-state index contributed by atoms with van der Waals surface area (Å²) in [4.78, 5) is 17.3. The van der Waals surface area contributed by atoms with Crippen molar-refractivity contribution < 1.29 is 4.79 Å². The third-order valence-electron chi connectivity index (χ3n) is 2.85. The van der Waals surface area contributed by atoms with Crippen LogP contribution in [0.5, 0.6) is 0 Å². The lowest BCUT2D eigenvalue weighted by Gasteiger charge is -2.03. The van der Waals surface area contributed by atoms with Gasteiger partial charge in [-0.3, -0.25) is 9.89 Å². The number of amides is 1. The van der Waals surface area contributed by atoms with Crippen LogP contribution in [-0.4, -0.2) is 26.8 Å². The number of nitrogens with zero attached hydrogens (tertiary/aromatic N) is 3. The Kier molecular flexibility index (Phi) is 4.71. The van der Waals surface area contributed by atoms with Gasteiger partial charge in [0, 0.05) is 5.69 Å². The Hall–Kier alpha value is -2.63. The van der Waals surface area contributed by atoms with Gasteiger partial charge in [0.15, 0.2) is 5.82 Å². The zero-order chi connectivity index (χ0) is 16.1. The summed E-state index contributed by atoms with van der Waals surface area (Å²) in [6.45, 7) is 0. The second kappa shape index (κ2) is 7.09. The van der Waals surface area contributed by atoms with E-state index in [4.69, 9.17) is 5.26 Å². The summed E-state index contributed by atoms with van der Waals surface area (Å²) in [7, 11) is 0. The fourth-order valence-corrected chi connectivity index (χ4v) is 3.05. The molecule has 3 rings (SSSR count). The van der Waals surface area contributed by atoms with Gasteiger partial charge in [-0.05, 0) is 35.7 Å². The molecule has 1 aromatic carbocycles. The van der Waals surface area contributed by atoms with E-state index in [0.29, 0.717) is 22.2 Å². The SMILES string of the molecule is N#Cc1ccc(NC(=O)CSc2n[nH]c(-c3cccs3)n2)cc1. The van der Waals surface area contributed by atoms with Gasteiger partial charge in [0.25, 0.3) is 0 Å². The van der Waals surface area contributed by atoms with Gasteiger partial charge in [0.1, 0.15) is 0 Å². The first kappa shape index (κ1) is 15.3. The molecule has 0 radical (unpaired) electrons. The molecule has 8 heteroatoms. The number of benzene rings is 1. The van der Waals surface area contributed by atoms with Crippen molar-refractivity contribution in [3.05, 3.63) is 47.3 Å². The lowest BCUT2D eigenvalue weighted by atomic mass is 10.2. The van der Waals surface area contributed by atoms with Gasteiger partial charge in [0.05, 0.1) is 22.3 Å². The van der Waals surface area contributed by atoms with Crippen molar-refractivity contribution in [1.29, 1.82) is 5.26 Å². The van der Waals surface area contributed by atoms with Crippen molar-refractivity contribution in [3.63, 3.8) is 0 Å². The number of carbonyl (C=O) groups is 1. The van der Waals surface area contributed by atoms with Gasteiger partial charge < -0.3 is 5.32 Å². The number of aromatic nitrogens is 3. The molecule has 2 N–H and O–H groups in total. The zero-order valence-corrected chi connectivity index (χ0v) is 13.4. The highest BCUT2D eigenvalue weighted by atomic mass is 32.2. The number of rotatable bonds is 5. The second-order valence-electron chi connectivity index (χ2n) is 4.47. The molecule has 6 nitrogen and oxygen atoms in total. The summed E-state index contributed by atoms with van der Waals surface area (Å²) in [6.07, 6.45) is 0. The molecule has 0 aliphatic heterocycles. The third kappa shape index (κ3) is 3.97. The predicted octanol–water partition coefficient (Wildman–Crippen LogP) is 3.14. The summed E-state index contributed by atoms with van der Waals surface area (Å²) >= 11 is 2.83. The second-order valence-corrected chi connectivity index (χ2v) is 6.36. The Morgan fingerprint density at radius 1 is 1.35 bits per heavy atom. The monoisotopic (exact) mass is 341 g/mol. The van der Waals surface area contributed by atoms with Gasteiger partial charge in [-0.2, -0.15) is 5.26 Å². The van der Waals surface area contributed by atoms with E-state index in [-0.39, 0.29) is 11.7 Å². The number of aromatic amines is 1. The summed E-state index contributed by atoms with van der Waals surface area (Å²) in [5, 5.41) is 20.9. The summed E-state index contributed by atoms with van der Waals surface area (Å²) < 4.78 is 0. The Balaban J connectivity index is 1.53. The van der Waals surface area contributed by atoms with Crippen LogP contribution in [0.2, 0.25) is 0 Å². The van der Waals surface area contributed by atoms with Crippen LogP contribution in [0.1, 0.15) is 5.56 Å². The van der Waals surface area contributed by atoms with E-state index in [9.17, 15) is 4.79 Å². The molecule has 0 aliphatic carbocycles. The number of nitrogens with one attached hydrogen (secondary N) is 2. The van der Waals surface area contributed by atoms with Crippen molar-refractivity contribution in [3.8, 4) is 16.8 Å². The van der Waals surface area contributed by atoms with Crippen molar-refractivity contribution in [2.45, 2.75) is 5.16 Å². The summed E-state index contributed by atoms with van der Waals surface area (Å²) in [5.74, 6) is 0.763. The maximum Gasteiger partial charge on any atom is 0.234 e. The molecular formula is C15H11N5OS2. The summed E-state index contributed by atoms with van der Waals surface area (Å²) in [6, 6.07) is 12.6. The molecule has 0 saturated carbocycles. The van der Waals surface area contributed by atoms with E-state index < -0.39 is 0 Å². The number of carbonyl (C=O) groups excluding carboxylic acids is 1. The molecule has 2 aromatic heterocycles. The minimum Gasteiger partial charge on any atom is -0.325 e. The number of hydrogen-bond acceptors (Lipinski definition) is 6. The van der Waals surface area contributed by atoms with Crippen LogP contribution < -0.4 is 5.32 Å². The number of hydrogen-bond donors (Lipinski definition) is 2. The first-order chi connectivity index (χ1) is 11.2. The van der Waals surface area contributed by atoms with Crippen LogP contribution in [0.3, 0.4) is 0 Å². The van der Waals surface area contributed by atoms with Crippen LogP contribution in [0.15, 0.2) is 46.9 Å². The molecule has 0 atom stereocenters. The molecule has 0 saturated heterocycles. The Morgan fingerprint density at radius 2 is 2.17 bits per heavy atom. The first-order valence-electron chi connectivity index (χ1n) is 6.64. The van der Waals surface area contributed by atoms with Crippen LogP contribution >= 0.6 is 23.1 Å². The smallest absolute Gasteiger partial charge is 0.234 e. The van der Waals surface area contributed by atoms with E-state index in [0.717, 1.165) is 4.88 Å². The van der Waals surface area contributed by atoms with Crippen molar-refractivity contribution in [2.24, 2.45) is 0 Å². The number of H-pyrrole nitrogens is 1. The summed E-state index contributed by atoms with van der Waals surface area (Å²) in [5.41, 5.74) is 1.21. The highest BCUT2D eigenvalue weighted by Gasteiger charge is 2.09. The minimum atomic E-state index is -0.151. The van der Waals surface area contributed by atoms with Gasteiger partial charge in [-0.1, -0.05) is 17.8 Å². The quantitative estimate of drug-likeness (QED) is 0.695. The Bertz CT molecular complexity index is 834. The molecule has 23 heavy (non-hydrogen) atoms. The molecule has 0 unspecified atom stereocenters. The average molecular weight is 341 g/mol. The van der Waals surface area contributed by atoms with Gasteiger partial charge in [-0.25, -0.2) is 4.98 Å². The van der Waals surface area contributed by atoms with Crippen molar-refractivity contribution in [2.75, 3.05) is 11.1 Å². The average Bonchev–Trinajstić information content (AvgIpc) is 3.25. The number of thioether (sulfide) groups is 1. The number of anilines is 1. The molecule has 1 amide bonds. The normalized spacial score (nSPS) is 10.2. The Morgan fingerprint density at radius 3 is 2.87 bits per heavy atom. The number of nitriles is 1. The van der Waals surface area contributed by atoms with Gasteiger partial charge >= 0.3 is 0 Å². The van der Waals surface area contributed by atoms with E-state index in [2.05, 4.69) is 20.5 Å². The highest BCUT2D eigenvalue weighted by molar-refractivity contribution is 7.99. The van der Waals surface area contributed by atoms with E-state index in [1.807, 2.05) is 23.6 Å². The van der Waals surface area contributed by atoms with Crippen LogP contribution in [0.4, 0.5) is 5.69 Å². The van der Waals surface area contributed by atoms with Crippen molar-refractivity contribution >= 4 is 34.7 Å². The van der Waals surface area contributed by atoms with E-state index in [1.165, 1.54) is 11.8 Å². The maximum atomic E-state index is 11.9. The molecule has 0 bridgehead atoms. The molecular weight excluding hydrogens is 330 g/mol. The zero-order valence-electron chi connectivity index (χ0n) is 11.8. The molecule has 0 fully saturated rings. The molecule has 2 heterocycles. The first-order valence-corrected chi connectivity index (χ1v) is 8.50. The van der Waals surface area contributed by atoms with Crippen LogP contribution in [0.25, 0.3) is 10.7 Å². The topological polar surface area (TPSA) is 94.5 Å². The van der Waals surface area contributed by atoms with E-state index in [1.54, 1.807) is 35.6 Å². The predicted molar refractivity (Wildman–Crippen MR) is 90.2 cm³/mol. The fourth-order valence-electron chi connectivity index (χ4n) is 1.79. The minimum absolute atomic E-state index is 0.151. The van der Waals surface area contributed by atoms with Gasteiger partial charge in [0.2, 0.25) is 11.1 Å². The standard InChI is InChI=1S/C15H11N5OS2/c16-8-10-3-5-11(6-4-10)17-13(21)9-23-15-18-14(19-20-15)12-2-1-7-22-12/h1-7H,9H2,(H,17,21)(H,18,19,20). The van der Waals surface area contributed by atoms with Gasteiger partial charge in [-0.15, -0.1) is 16.4 Å². The van der Waals surface area contributed by atoms with Crippen molar-refractivity contribution in [1.82, 2.24) is 15.2 Å². The van der Waals surface area contributed by atoms with Crippen LogP contribution in [-0.2, 0) is 4.79 Å². The third-order valence-corrected chi connectivity index (χ3v) is 4.57. The lowest BCUT2D eigenvalue weighted by molar-refractivity contribution is -0.113. The molecule has 0 aliphatic rings. The largest absolute Gasteiger partial charge is 0.325 e. The van der Waals surface area contributed by atoms with E-state index >= 15 is 0 Å². The molecule has 114 valence electrons. The number of thiophene rings is 1. The molecule has 3 aromatic rings. The lowest BCUT2D eigenvalue weighted by Crippen LogP contribution is -2.14. The fraction of sp³-hybridized carbons (Fsp3) is 0.0667. The Labute approximate surface area is 140 Å².